The van der Waals surface area contributed by atoms with Crippen LogP contribution in [0.1, 0.15) is 20.3 Å². The lowest BCUT2D eigenvalue weighted by atomic mass is 10.2. The number of nitrogens with zero attached hydrogens (tertiary/aromatic N) is 3. The van der Waals surface area contributed by atoms with Gasteiger partial charge in [0.05, 0.1) is 0 Å². The molecule has 2 aliphatic heterocycles. The minimum Gasteiger partial charge on any atom is -0.314 e. The van der Waals surface area contributed by atoms with Gasteiger partial charge < -0.3 is 5.32 Å². The van der Waals surface area contributed by atoms with Gasteiger partial charge in [-0.25, -0.2) is 0 Å². The molecule has 1 atom stereocenters. The van der Waals surface area contributed by atoms with Crippen LogP contribution in [-0.4, -0.2) is 80.8 Å². The van der Waals surface area contributed by atoms with Crippen molar-refractivity contribution in [1.82, 2.24) is 18.8 Å². The summed E-state index contributed by atoms with van der Waals surface area (Å²) in [6.45, 7) is 10.0. The Balaban J connectivity index is 1.93. The van der Waals surface area contributed by atoms with Crippen LogP contribution in [0.15, 0.2) is 0 Å². The fraction of sp³-hybridized carbons (Fsp3) is 1.00. The van der Waals surface area contributed by atoms with E-state index in [9.17, 15) is 8.42 Å². The highest BCUT2D eigenvalue weighted by Crippen LogP contribution is 2.21. The van der Waals surface area contributed by atoms with Gasteiger partial charge in [0, 0.05) is 58.9 Å². The maximum absolute atomic E-state index is 12.5. The maximum Gasteiger partial charge on any atom is 0.281 e. The zero-order valence-corrected chi connectivity index (χ0v) is 13.7. The summed E-state index contributed by atoms with van der Waals surface area (Å²) in [7, 11) is -1.59. The molecule has 0 amide bonds. The van der Waals surface area contributed by atoms with Crippen LogP contribution in [0.3, 0.4) is 0 Å². The van der Waals surface area contributed by atoms with E-state index < -0.39 is 10.2 Å². The van der Waals surface area contributed by atoms with Gasteiger partial charge in [-0.05, 0) is 12.3 Å². The highest BCUT2D eigenvalue weighted by molar-refractivity contribution is 7.86. The Hall–Kier alpha value is -0.210. The molecule has 2 rings (SSSR count). The van der Waals surface area contributed by atoms with Crippen molar-refractivity contribution in [3.63, 3.8) is 0 Å². The molecule has 0 aromatic carbocycles. The third-order valence-electron chi connectivity index (χ3n) is 4.14. The van der Waals surface area contributed by atoms with Crippen molar-refractivity contribution >= 4 is 10.2 Å². The van der Waals surface area contributed by atoms with E-state index in [2.05, 4.69) is 10.2 Å². The van der Waals surface area contributed by atoms with Crippen LogP contribution < -0.4 is 5.32 Å². The number of rotatable bonds is 5. The Morgan fingerprint density at radius 2 is 1.90 bits per heavy atom. The fourth-order valence-corrected chi connectivity index (χ4v) is 4.65. The zero-order chi connectivity index (χ0) is 14.8. The summed E-state index contributed by atoms with van der Waals surface area (Å²) in [5.41, 5.74) is 0. The van der Waals surface area contributed by atoms with Crippen molar-refractivity contribution in [3.8, 4) is 0 Å². The van der Waals surface area contributed by atoms with Crippen LogP contribution in [0.4, 0.5) is 0 Å². The second-order valence-electron chi connectivity index (χ2n) is 6.27. The van der Waals surface area contributed by atoms with Crippen LogP contribution in [0, 0.1) is 5.92 Å². The lowest BCUT2D eigenvalue weighted by molar-refractivity contribution is 0.179. The Morgan fingerprint density at radius 1 is 1.25 bits per heavy atom. The Morgan fingerprint density at radius 3 is 2.50 bits per heavy atom. The van der Waals surface area contributed by atoms with Crippen molar-refractivity contribution in [2.24, 2.45) is 5.92 Å². The molecule has 2 aliphatic rings. The van der Waals surface area contributed by atoms with Gasteiger partial charge in [-0.1, -0.05) is 13.8 Å². The normalized spacial score (nSPS) is 26.8. The summed E-state index contributed by atoms with van der Waals surface area (Å²) >= 11 is 0. The van der Waals surface area contributed by atoms with Crippen LogP contribution in [-0.2, 0) is 10.2 Å². The van der Waals surface area contributed by atoms with Gasteiger partial charge in [-0.2, -0.15) is 17.0 Å². The van der Waals surface area contributed by atoms with E-state index in [1.165, 1.54) is 4.31 Å². The summed E-state index contributed by atoms with van der Waals surface area (Å²) in [5.74, 6) is 0.348. The predicted octanol–water partition coefficient (Wildman–Crippen LogP) is -0.201. The predicted molar refractivity (Wildman–Crippen MR) is 80.8 cm³/mol. The van der Waals surface area contributed by atoms with Gasteiger partial charge in [0.25, 0.3) is 10.2 Å². The van der Waals surface area contributed by atoms with Crippen molar-refractivity contribution in [1.29, 1.82) is 0 Å². The molecular weight excluding hydrogens is 276 g/mol. The molecule has 20 heavy (non-hydrogen) atoms. The summed E-state index contributed by atoms with van der Waals surface area (Å²) in [6, 6.07) is 0.388. The quantitative estimate of drug-likeness (QED) is 0.764. The number of hydrogen-bond donors (Lipinski definition) is 1. The van der Waals surface area contributed by atoms with Gasteiger partial charge in [0.15, 0.2) is 0 Å². The van der Waals surface area contributed by atoms with E-state index in [0.29, 0.717) is 31.6 Å². The molecule has 0 aromatic rings. The SMILES string of the molecule is CC(C)CN(C)S(=O)(=O)N1CCC(N2CCNCC2)C1. The van der Waals surface area contributed by atoms with Gasteiger partial charge in [-0.15, -0.1) is 0 Å². The van der Waals surface area contributed by atoms with Gasteiger partial charge in [0.2, 0.25) is 0 Å². The Kier molecular flexibility index (Phi) is 5.42. The molecule has 2 fully saturated rings. The average Bonchev–Trinajstić information content (AvgIpc) is 2.89. The van der Waals surface area contributed by atoms with Crippen molar-refractivity contribution in [2.45, 2.75) is 26.3 Å². The van der Waals surface area contributed by atoms with E-state index in [-0.39, 0.29) is 0 Å². The minimum absolute atomic E-state index is 0.348. The van der Waals surface area contributed by atoms with Crippen molar-refractivity contribution in [3.05, 3.63) is 0 Å². The topological polar surface area (TPSA) is 55.9 Å². The maximum atomic E-state index is 12.5. The lowest BCUT2D eigenvalue weighted by Crippen LogP contribution is -2.50. The van der Waals surface area contributed by atoms with E-state index in [0.717, 1.165) is 32.6 Å². The molecule has 6 nitrogen and oxygen atoms in total. The number of hydrogen-bond acceptors (Lipinski definition) is 4. The standard InChI is InChI=1S/C13H28N4O2S/c1-12(2)10-15(3)20(18,19)17-7-4-13(11-17)16-8-5-14-6-9-16/h12-14H,4-11H2,1-3H3. The first-order valence-corrected chi connectivity index (χ1v) is 8.97. The molecule has 0 aliphatic carbocycles. The molecule has 0 bridgehead atoms. The van der Waals surface area contributed by atoms with Crippen LogP contribution in [0.25, 0.3) is 0 Å². The summed E-state index contributed by atoms with van der Waals surface area (Å²) in [6.07, 6.45) is 0.953. The largest absolute Gasteiger partial charge is 0.314 e. The number of piperazine rings is 1. The van der Waals surface area contributed by atoms with Crippen LogP contribution >= 0.6 is 0 Å². The monoisotopic (exact) mass is 304 g/mol. The van der Waals surface area contributed by atoms with Crippen molar-refractivity contribution in [2.75, 3.05) is 52.9 Å². The van der Waals surface area contributed by atoms with E-state index in [4.69, 9.17) is 0 Å². The summed E-state index contributed by atoms with van der Waals surface area (Å²) in [5, 5.41) is 3.34. The molecule has 118 valence electrons. The van der Waals surface area contributed by atoms with E-state index in [1.807, 2.05) is 13.8 Å². The molecule has 2 saturated heterocycles. The second kappa shape index (κ2) is 6.70. The van der Waals surface area contributed by atoms with Gasteiger partial charge >= 0.3 is 0 Å². The third-order valence-corrected chi connectivity index (χ3v) is 6.06. The lowest BCUT2D eigenvalue weighted by Gasteiger charge is -2.33. The molecule has 2 heterocycles. The van der Waals surface area contributed by atoms with E-state index >= 15 is 0 Å². The molecule has 0 spiro atoms. The van der Waals surface area contributed by atoms with Gasteiger partial charge in [-0.3, -0.25) is 4.90 Å². The molecule has 0 saturated carbocycles. The molecule has 0 radical (unpaired) electrons. The average molecular weight is 304 g/mol. The van der Waals surface area contributed by atoms with Crippen LogP contribution in [0.2, 0.25) is 0 Å². The molecule has 0 aromatic heterocycles. The number of nitrogens with one attached hydrogen (secondary N) is 1. The molecule has 1 N–H and O–H groups in total. The van der Waals surface area contributed by atoms with Crippen LogP contribution in [0.5, 0.6) is 0 Å². The summed E-state index contributed by atoms with van der Waals surface area (Å²) in [4.78, 5) is 2.43. The second-order valence-corrected chi connectivity index (χ2v) is 8.30. The molecule has 1 unspecified atom stereocenters. The smallest absolute Gasteiger partial charge is 0.281 e. The van der Waals surface area contributed by atoms with E-state index in [1.54, 1.807) is 11.4 Å². The molecular formula is C13H28N4O2S. The fourth-order valence-electron chi connectivity index (χ4n) is 3.07. The highest BCUT2D eigenvalue weighted by atomic mass is 32.2. The Bertz CT molecular complexity index is 407. The zero-order valence-electron chi connectivity index (χ0n) is 12.9. The minimum atomic E-state index is -3.28. The summed E-state index contributed by atoms with van der Waals surface area (Å²) < 4.78 is 28.2. The molecule has 7 heteroatoms. The highest BCUT2D eigenvalue weighted by Gasteiger charge is 2.36. The first-order chi connectivity index (χ1) is 9.41. The third kappa shape index (κ3) is 3.71. The van der Waals surface area contributed by atoms with Gasteiger partial charge in [0.1, 0.15) is 0 Å². The van der Waals surface area contributed by atoms with Crippen molar-refractivity contribution < 1.29 is 8.42 Å². The first-order valence-electron chi connectivity index (χ1n) is 7.57. The first kappa shape index (κ1) is 16.2. The Labute approximate surface area is 123 Å².